The summed E-state index contributed by atoms with van der Waals surface area (Å²) in [5, 5.41) is 12.0. The third-order valence-corrected chi connectivity index (χ3v) is 2.40. The smallest absolute Gasteiger partial charge is 0.119 e. The Morgan fingerprint density at radius 3 is 2.47 bits per heavy atom. The van der Waals surface area contributed by atoms with Gasteiger partial charge in [-0.05, 0) is 36.2 Å². The highest BCUT2D eigenvalue weighted by Crippen LogP contribution is 2.14. The van der Waals surface area contributed by atoms with Crippen LogP contribution in [-0.2, 0) is 4.74 Å². The molecule has 0 aliphatic rings. The van der Waals surface area contributed by atoms with Crippen LogP contribution >= 0.6 is 0 Å². The van der Waals surface area contributed by atoms with Gasteiger partial charge in [0.2, 0.25) is 0 Å². The lowest BCUT2D eigenvalue weighted by Crippen LogP contribution is -2.02. The number of rotatable bonds is 7. The highest BCUT2D eigenvalue weighted by molar-refractivity contribution is 6.00. The van der Waals surface area contributed by atoms with Crippen LogP contribution in [0.25, 0.3) is 0 Å². The SMILES string of the molecule is CC/C(=N\O)c1ccc(OCCCOC)cc1. The molecule has 1 rings (SSSR count). The minimum Gasteiger partial charge on any atom is -0.494 e. The average Bonchev–Trinajstić information content (AvgIpc) is 2.38. The molecule has 0 radical (unpaired) electrons. The second-order valence-electron chi connectivity index (χ2n) is 3.62. The van der Waals surface area contributed by atoms with Crippen LogP contribution in [-0.4, -0.2) is 31.2 Å². The van der Waals surface area contributed by atoms with E-state index >= 15 is 0 Å². The quantitative estimate of drug-likeness (QED) is 0.343. The highest BCUT2D eigenvalue weighted by atomic mass is 16.5. The lowest BCUT2D eigenvalue weighted by atomic mass is 10.1. The van der Waals surface area contributed by atoms with Crippen molar-refractivity contribution < 1.29 is 14.7 Å². The van der Waals surface area contributed by atoms with E-state index in [0.717, 1.165) is 17.7 Å². The van der Waals surface area contributed by atoms with Gasteiger partial charge >= 0.3 is 0 Å². The van der Waals surface area contributed by atoms with E-state index in [1.165, 1.54) is 0 Å². The van der Waals surface area contributed by atoms with Crippen molar-refractivity contribution in [3.05, 3.63) is 29.8 Å². The molecule has 17 heavy (non-hydrogen) atoms. The fourth-order valence-corrected chi connectivity index (χ4v) is 1.47. The second kappa shape index (κ2) is 7.68. The first-order valence-electron chi connectivity index (χ1n) is 5.75. The molecule has 4 heteroatoms. The van der Waals surface area contributed by atoms with E-state index in [-0.39, 0.29) is 0 Å². The van der Waals surface area contributed by atoms with Gasteiger partial charge < -0.3 is 14.7 Å². The van der Waals surface area contributed by atoms with Crippen LogP contribution < -0.4 is 4.74 Å². The summed E-state index contributed by atoms with van der Waals surface area (Å²) in [4.78, 5) is 0. The molecule has 0 aromatic heterocycles. The van der Waals surface area contributed by atoms with Crippen LogP contribution in [0.5, 0.6) is 5.75 Å². The molecule has 1 aromatic carbocycles. The molecule has 1 aromatic rings. The van der Waals surface area contributed by atoms with Crippen molar-refractivity contribution in [2.24, 2.45) is 5.16 Å². The van der Waals surface area contributed by atoms with Gasteiger partial charge in [-0.15, -0.1) is 0 Å². The predicted molar refractivity (Wildman–Crippen MR) is 67.0 cm³/mol. The Balaban J connectivity index is 2.50. The monoisotopic (exact) mass is 237 g/mol. The summed E-state index contributed by atoms with van der Waals surface area (Å²) < 4.78 is 10.5. The molecule has 0 bridgehead atoms. The summed E-state index contributed by atoms with van der Waals surface area (Å²) in [7, 11) is 1.68. The Kier molecular flexibility index (Phi) is 6.10. The Morgan fingerprint density at radius 2 is 1.94 bits per heavy atom. The summed E-state index contributed by atoms with van der Waals surface area (Å²) in [6, 6.07) is 7.54. The third-order valence-electron chi connectivity index (χ3n) is 2.40. The van der Waals surface area contributed by atoms with Crippen molar-refractivity contribution >= 4 is 5.71 Å². The molecular formula is C13H19NO3. The maximum absolute atomic E-state index is 8.79. The molecule has 0 aliphatic heterocycles. The Hall–Kier alpha value is -1.55. The zero-order valence-electron chi connectivity index (χ0n) is 10.3. The van der Waals surface area contributed by atoms with Gasteiger partial charge in [0.1, 0.15) is 5.75 Å². The van der Waals surface area contributed by atoms with E-state index < -0.39 is 0 Å². The van der Waals surface area contributed by atoms with Gasteiger partial charge in [-0.25, -0.2) is 0 Å². The second-order valence-corrected chi connectivity index (χ2v) is 3.62. The van der Waals surface area contributed by atoms with E-state index in [9.17, 15) is 0 Å². The van der Waals surface area contributed by atoms with Crippen molar-refractivity contribution in [3.63, 3.8) is 0 Å². The van der Waals surface area contributed by atoms with Gasteiger partial charge in [0.05, 0.1) is 12.3 Å². The summed E-state index contributed by atoms with van der Waals surface area (Å²) in [5.74, 6) is 0.818. The number of nitrogens with zero attached hydrogens (tertiary/aromatic N) is 1. The lowest BCUT2D eigenvalue weighted by Gasteiger charge is -2.07. The zero-order chi connectivity index (χ0) is 12.5. The number of methoxy groups -OCH3 is 1. The third kappa shape index (κ3) is 4.44. The zero-order valence-corrected chi connectivity index (χ0v) is 10.3. The lowest BCUT2D eigenvalue weighted by molar-refractivity contribution is 0.172. The molecule has 94 valence electrons. The van der Waals surface area contributed by atoms with Crippen LogP contribution in [0.15, 0.2) is 29.4 Å². The maximum atomic E-state index is 8.79. The fraction of sp³-hybridized carbons (Fsp3) is 0.462. The maximum Gasteiger partial charge on any atom is 0.119 e. The summed E-state index contributed by atoms with van der Waals surface area (Å²) in [6.07, 6.45) is 1.57. The van der Waals surface area contributed by atoms with Gasteiger partial charge in [0, 0.05) is 20.1 Å². The van der Waals surface area contributed by atoms with E-state index in [1.54, 1.807) is 7.11 Å². The number of ether oxygens (including phenoxy) is 2. The van der Waals surface area contributed by atoms with Gasteiger partial charge in [-0.1, -0.05) is 12.1 Å². The number of benzene rings is 1. The molecule has 0 saturated heterocycles. The van der Waals surface area contributed by atoms with Crippen LogP contribution in [0.4, 0.5) is 0 Å². The number of hydrogen-bond donors (Lipinski definition) is 1. The van der Waals surface area contributed by atoms with Crippen molar-refractivity contribution in [1.82, 2.24) is 0 Å². The molecule has 4 nitrogen and oxygen atoms in total. The van der Waals surface area contributed by atoms with Crippen molar-refractivity contribution in [2.45, 2.75) is 19.8 Å². The molecule has 0 amide bonds. The molecule has 0 saturated carbocycles. The first kappa shape index (κ1) is 13.5. The highest BCUT2D eigenvalue weighted by Gasteiger charge is 2.01. The first-order chi connectivity index (χ1) is 8.31. The number of oxime groups is 1. The first-order valence-corrected chi connectivity index (χ1v) is 5.75. The molecule has 0 unspecified atom stereocenters. The molecule has 0 fully saturated rings. The molecule has 0 heterocycles. The molecule has 0 aliphatic carbocycles. The largest absolute Gasteiger partial charge is 0.494 e. The van der Waals surface area contributed by atoms with Gasteiger partial charge in [-0.3, -0.25) is 0 Å². The predicted octanol–water partition coefficient (Wildman–Crippen LogP) is 2.69. The van der Waals surface area contributed by atoms with Gasteiger partial charge in [0.15, 0.2) is 0 Å². The van der Waals surface area contributed by atoms with Crippen LogP contribution in [0.3, 0.4) is 0 Å². The van der Waals surface area contributed by atoms with Crippen LogP contribution in [0.2, 0.25) is 0 Å². The molecule has 0 atom stereocenters. The van der Waals surface area contributed by atoms with Crippen molar-refractivity contribution in [1.29, 1.82) is 0 Å². The van der Waals surface area contributed by atoms with Gasteiger partial charge in [-0.2, -0.15) is 0 Å². The van der Waals surface area contributed by atoms with Gasteiger partial charge in [0.25, 0.3) is 0 Å². The average molecular weight is 237 g/mol. The minimum atomic E-state index is 0.641. The molecule has 1 N–H and O–H groups in total. The standard InChI is InChI=1S/C13H19NO3/c1-3-13(14-15)11-5-7-12(8-6-11)17-10-4-9-16-2/h5-8,15H,3-4,9-10H2,1-2H3/b14-13+. The number of hydrogen-bond acceptors (Lipinski definition) is 4. The van der Waals surface area contributed by atoms with E-state index in [0.29, 0.717) is 25.3 Å². The van der Waals surface area contributed by atoms with Crippen LogP contribution in [0, 0.1) is 0 Å². The van der Waals surface area contributed by atoms with E-state index in [2.05, 4.69) is 5.16 Å². The fourth-order valence-electron chi connectivity index (χ4n) is 1.47. The Bertz CT molecular complexity index is 346. The topological polar surface area (TPSA) is 51.1 Å². The van der Waals surface area contributed by atoms with E-state index in [4.69, 9.17) is 14.7 Å². The van der Waals surface area contributed by atoms with Crippen LogP contribution in [0.1, 0.15) is 25.3 Å². The summed E-state index contributed by atoms with van der Waals surface area (Å²) in [6.45, 7) is 3.29. The van der Waals surface area contributed by atoms with E-state index in [1.807, 2.05) is 31.2 Å². The normalized spacial score (nSPS) is 11.5. The molecule has 0 spiro atoms. The summed E-state index contributed by atoms with van der Waals surface area (Å²) in [5.41, 5.74) is 1.59. The van der Waals surface area contributed by atoms with Crippen molar-refractivity contribution in [2.75, 3.05) is 20.3 Å². The molecular weight excluding hydrogens is 218 g/mol. The Labute approximate surface area is 102 Å². The minimum absolute atomic E-state index is 0.641. The summed E-state index contributed by atoms with van der Waals surface area (Å²) >= 11 is 0. The van der Waals surface area contributed by atoms with Crippen molar-refractivity contribution in [3.8, 4) is 5.75 Å². The Morgan fingerprint density at radius 1 is 1.24 bits per heavy atom.